The molecule has 8 nitrogen and oxygen atoms in total. The maximum absolute atomic E-state index is 14.2. The summed E-state index contributed by atoms with van der Waals surface area (Å²) in [6.45, 7) is 2.23. The predicted molar refractivity (Wildman–Crippen MR) is 143 cm³/mol. The number of rotatable bonds is 7. The molecule has 0 radical (unpaired) electrons. The van der Waals surface area contributed by atoms with E-state index in [0.717, 1.165) is 29.9 Å². The van der Waals surface area contributed by atoms with E-state index in [-0.39, 0.29) is 34.8 Å². The third-order valence-electron chi connectivity index (χ3n) is 6.78. The molecule has 1 atom stereocenters. The number of likely N-dealkylation sites (tertiary alicyclic amines) is 1. The Hall–Kier alpha value is -3.85. The van der Waals surface area contributed by atoms with Gasteiger partial charge in [-0.05, 0) is 55.7 Å². The van der Waals surface area contributed by atoms with Crippen LogP contribution in [0.3, 0.4) is 0 Å². The number of benzene rings is 2. The molecule has 1 fully saturated rings. The van der Waals surface area contributed by atoms with Crippen LogP contribution in [0.2, 0.25) is 0 Å². The number of ether oxygens (including phenoxy) is 1. The summed E-state index contributed by atoms with van der Waals surface area (Å²) in [5.41, 5.74) is -0.228. The lowest BCUT2D eigenvalue weighted by Crippen LogP contribution is -2.54. The third kappa shape index (κ3) is 5.84. The Morgan fingerprint density at radius 2 is 1.80 bits per heavy atom. The van der Waals surface area contributed by atoms with Gasteiger partial charge in [0, 0.05) is 18.4 Å². The monoisotopic (exact) mass is 618 g/mol. The Bertz CT molecular complexity index is 1360. The molecular formula is C28H26BrF3N4O4. The van der Waals surface area contributed by atoms with Crippen LogP contribution in [0, 0.1) is 11.3 Å². The average Bonchev–Trinajstić information content (AvgIpc) is 3.49. The van der Waals surface area contributed by atoms with E-state index in [0.29, 0.717) is 24.2 Å². The van der Waals surface area contributed by atoms with E-state index in [9.17, 15) is 32.8 Å². The summed E-state index contributed by atoms with van der Waals surface area (Å²) < 4.78 is 46.2. The van der Waals surface area contributed by atoms with Crippen LogP contribution < -0.4 is 4.90 Å². The minimum Gasteiger partial charge on any atom is -0.463 e. The number of carbonyl (C=O) groups excluding carboxylic acids is 3. The summed E-state index contributed by atoms with van der Waals surface area (Å²) in [7, 11) is 0. The van der Waals surface area contributed by atoms with Gasteiger partial charge in [-0.3, -0.25) is 9.69 Å². The van der Waals surface area contributed by atoms with Crippen LogP contribution in [0.15, 0.2) is 59.8 Å². The smallest absolute Gasteiger partial charge is 0.416 e. The van der Waals surface area contributed by atoms with Gasteiger partial charge in [0.2, 0.25) is 5.91 Å². The van der Waals surface area contributed by atoms with Crippen molar-refractivity contribution < 1.29 is 32.3 Å². The zero-order valence-electron chi connectivity index (χ0n) is 21.6. The molecule has 40 heavy (non-hydrogen) atoms. The number of allylic oxidation sites excluding steroid dienone is 1. The fourth-order valence-corrected chi connectivity index (χ4v) is 5.46. The number of nitrogens with zero attached hydrogens (tertiary/aromatic N) is 4. The van der Waals surface area contributed by atoms with E-state index in [2.05, 4.69) is 15.9 Å². The summed E-state index contributed by atoms with van der Waals surface area (Å²) in [4.78, 5) is 44.8. The van der Waals surface area contributed by atoms with Gasteiger partial charge < -0.3 is 14.5 Å². The fraction of sp³-hybridized carbons (Fsp3) is 0.357. The second-order valence-electron chi connectivity index (χ2n) is 9.23. The van der Waals surface area contributed by atoms with Crippen LogP contribution >= 0.6 is 15.9 Å². The number of hydrogen-bond donors (Lipinski definition) is 0. The topological polar surface area (TPSA) is 93.9 Å². The van der Waals surface area contributed by atoms with Crippen molar-refractivity contribution in [1.82, 2.24) is 9.80 Å². The van der Waals surface area contributed by atoms with Crippen LogP contribution in [0.5, 0.6) is 0 Å². The normalized spacial score (nSPS) is 17.8. The second kappa shape index (κ2) is 12.1. The molecule has 0 aliphatic carbocycles. The van der Waals surface area contributed by atoms with Gasteiger partial charge in [-0.15, -0.1) is 0 Å². The summed E-state index contributed by atoms with van der Waals surface area (Å²) in [6.07, 6.45) is -3.04. The fourth-order valence-electron chi connectivity index (χ4n) is 4.90. The first kappa shape index (κ1) is 29.1. The number of alkyl halides is 4. The summed E-state index contributed by atoms with van der Waals surface area (Å²) in [6, 6.07) is 10.6. The van der Waals surface area contributed by atoms with E-state index < -0.39 is 36.3 Å². The molecule has 4 rings (SSSR count). The molecule has 210 valence electrons. The molecule has 2 heterocycles. The highest BCUT2D eigenvalue weighted by Crippen LogP contribution is 2.42. The minimum absolute atomic E-state index is 0.00219. The lowest BCUT2D eigenvalue weighted by molar-refractivity contribution is -0.140. The van der Waals surface area contributed by atoms with E-state index >= 15 is 0 Å². The predicted octanol–water partition coefficient (Wildman–Crippen LogP) is 5.39. The summed E-state index contributed by atoms with van der Waals surface area (Å²) in [5, 5.41) is 9.18. The molecule has 2 aromatic rings. The molecule has 0 spiro atoms. The number of amides is 3. The van der Waals surface area contributed by atoms with E-state index in [1.165, 1.54) is 29.2 Å². The zero-order chi connectivity index (χ0) is 29.0. The molecule has 1 unspecified atom stereocenters. The van der Waals surface area contributed by atoms with Crippen LogP contribution in [-0.4, -0.2) is 59.3 Å². The number of anilines is 1. The van der Waals surface area contributed by atoms with Crippen molar-refractivity contribution in [3.8, 4) is 6.07 Å². The van der Waals surface area contributed by atoms with Gasteiger partial charge in [-0.25, -0.2) is 9.59 Å². The Balaban J connectivity index is 1.94. The van der Waals surface area contributed by atoms with Gasteiger partial charge in [-0.2, -0.15) is 18.4 Å². The van der Waals surface area contributed by atoms with Crippen molar-refractivity contribution in [2.24, 2.45) is 0 Å². The number of esters is 1. The SMILES string of the molecule is CCOC(=O)C1=C(CBr)N(c2cccc(C(F)(F)F)c2)C(=O)N(CC(=O)N2CCCC2)C1c1ccc(C#N)cc1. The minimum atomic E-state index is -4.67. The molecule has 2 aliphatic heterocycles. The molecule has 3 amide bonds. The number of hydrogen-bond acceptors (Lipinski definition) is 5. The Kier molecular flexibility index (Phi) is 8.83. The van der Waals surface area contributed by atoms with Gasteiger partial charge in [0.15, 0.2) is 0 Å². The highest BCUT2D eigenvalue weighted by molar-refractivity contribution is 9.09. The molecule has 0 bridgehead atoms. The lowest BCUT2D eigenvalue weighted by Gasteiger charge is -2.43. The molecule has 12 heteroatoms. The number of nitriles is 1. The van der Waals surface area contributed by atoms with E-state index in [4.69, 9.17) is 4.74 Å². The molecule has 0 aromatic heterocycles. The molecule has 2 aromatic carbocycles. The molecule has 0 N–H and O–H groups in total. The summed E-state index contributed by atoms with van der Waals surface area (Å²) in [5.74, 6) is -1.13. The van der Waals surface area contributed by atoms with Crippen LogP contribution in [0.25, 0.3) is 0 Å². The molecule has 0 saturated carbocycles. The zero-order valence-corrected chi connectivity index (χ0v) is 23.2. The number of carbonyl (C=O) groups is 3. The molecular weight excluding hydrogens is 593 g/mol. The van der Waals surface area contributed by atoms with E-state index in [1.54, 1.807) is 24.0 Å². The molecule has 2 aliphatic rings. The van der Waals surface area contributed by atoms with Crippen molar-refractivity contribution >= 4 is 39.5 Å². The first-order valence-corrected chi connectivity index (χ1v) is 13.7. The van der Waals surface area contributed by atoms with Crippen molar-refractivity contribution in [3.05, 3.63) is 76.5 Å². The lowest BCUT2D eigenvalue weighted by atomic mass is 9.92. The highest BCUT2D eigenvalue weighted by atomic mass is 79.9. The van der Waals surface area contributed by atoms with E-state index in [1.807, 2.05) is 6.07 Å². The quantitative estimate of drug-likeness (QED) is 0.306. The average molecular weight is 619 g/mol. The van der Waals surface area contributed by atoms with Crippen LogP contribution in [-0.2, 0) is 20.5 Å². The van der Waals surface area contributed by atoms with Crippen LogP contribution in [0.4, 0.5) is 23.7 Å². The maximum Gasteiger partial charge on any atom is 0.416 e. The van der Waals surface area contributed by atoms with Gasteiger partial charge >= 0.3 is 18.2 Å². The Labute approximate surface area is 237 Å². The maximum atomic E-state index is 14.2. The highest BCUT2D eigenvalue weighted by Gasteiger charge is 2.45. The number of urea groups is 1. The first-order valence-electron chi connectivity index (χ1n) is 12.6. The van der Waals surface area contributed by atoms with Crippen molar-refractivity contribution in [3.63, 3.8) is 0 Å². The van der Waals surface area contributed by atoms with Crippen molar-refractivity contribution in [1.29, 1.82) is 5.26 Å². The standard InChI is InChI=1S/C28H26BrF3N4O4/c1-2-40-26(38)24-22(15-29)36(21-7-5-6-20(14-21)28(30,31)32)27(39)35(17-23(37)34-12-3-4-13-34)25(24)19-10-8-18(16-33)9-11-19/h5-11,14,25H,2-4,12-13,15,17H2,1H3. The molecule has 1 saturated heterocycles. The first-order chi connectivity index (χ1) is 19.1. The third-order valence-corrected chi connectivity index (χ3v) is 7.31. The summed E-state index contributed by atoms with van der Waals surface area (Å²) >= 11 is 3.32. The van der Waals surface area contributed by atoms with Gasteiger partial charge in [-0.1, -0.05) is 34.1 Å². The Morgan fingerprint density at radius 3 is 2.38 bits per heavy atom. The number of halogens is 4. The van der Waals surface area contributed by atoms with Gasteiger partial charge in [0.1, 0.15) is 6.54 Å². The van der Waals surface area contributed by atoms with Gasteiger partial charge in [0.05, 0.1) is 46.8 Å². The largest absolute Gasteiger partial charge is 0.463 e. The van der Waals surface area contributed by atoms with Crippen molar-refractivity contribution in [2.45, 2.75) is 32.0 Å². The van der Waals surface area contributed by atoms with Crippen molar-refractivity contribution in [2.75, 3.05) is 36.5 Å². The van der Waals surface area contributed by atoms with Gasteiger partial charge in [0.25, 0.3) is 0 Å². The van der Waals surface area contributed by atoms with Crippen LogP contribution in [0.1, 0.15) is 42.5 Å². The Morgan fingerprint density at radius 1 is 1.12 bits per heavy atom. The second-order valence-corrected chi connectivity index (χ2v) is 9.79.